The minimum absolute atomic E-state index is 0.118. The van der Waals surface area contributed by atoms with Crippen LogP contribution in [0.2, 0.25) is 0 Å². The van der Waals surface area contributed by atoms with Crippen LogP contribution < -0.4 is 11.1 Å². The number of fused-ring (bicyclic) bond motifs is 1. The van der Waals surface area contributed by atoms with E-state index in [1.807, 2.05) is 0 Å². The van der Waals surface area contributed by atoms with Gasteiger partial charge in [-0.2, -0.15) is 0 Å². The van der Waals surface area contributed by atoms with Crippen molar-refractivity contribution >= 4 is 28.8 Å². The van der Waals surface area contributed by atoms with E-state index in [-0.39, 0.29) is 30.6 Å². The minimum atomic E-state index is -1.47. The summed E-state index contributed by atoms with van der Waals surface area (Å²) in [6.07, 6.45) is -2.46. The summed E-state index contributed by atoms with van der Waals surface area (Å²) >= 11 is 0. The number of ether oxygens (including phenoxy) is 1. The number of nitrogen functional groups attached to an aromatic ring is 1. The number of nitrogens with two attached hydrogens (primary N) is 1. The zero-order valence-electron chi connectivity index (χ0n) is 20.3. The minimum Gasteiger partial charge on any atom is -0.387 e. The first-order valence-electron chi connectivity index (χ1n) is 12.8. The number of anilines is 1. The molecule has 0 radical (unpaired) electrons. The van der Waals surface area contributed by atoms with Crippen LogP contribution >= 0.6 is 0 Å². The van der Waals surface area contributed by atoms with Crippen LogP contribution in [0.4, 0.5) is 5.82 Å². The number of imidazole rings is 1. The van der Waals surface area contributed by atoms with Gasteiger partial charge >= 0.3 is 5.91 Å². The Morgan fingerprint density at radius 2 is 1.73 bits per heavy atom. The molecule has 0 aliphatic carbocycles. The highest BCUT2D eigenvalue weighted by Gasteiger charge is 2.76. The number of carbonyl (C=O) groups excluding carboxylic acids is 2. The summed E-state index contributed by atoms with van der Waals surface area (Å²) in [6, 6.07) is 0. The molecule has 5 saturated heterocycles. The first kappa shape index (κ1) is 23.3. The Kier molecular flexibility index (Phi) is 5.11. The van der Waals surface area contributed by atoms with E-state index in [4.69, 9.17) is 10.5 Å². The summed E-state index contributed by atoms with van der Waals surface area (Å²) in [5.41, 5.74) is 6.47. The number of carbonyl (C=O) groups is 2. The van der Waals surface area contributed by atoms with Gasteiger partial charge in [0.2, 0.25) is 0 Å². The van der Waals surface area contributed by atoms with Crippen LogP contribution in [0, 0.1) is 0 Å². The third-order valence-corrected chi connectivity index (χ3v) is 8.90. The number of quaternary nitrogens is 1. The molecule has 2 amide bonds. The number of aromatic nitrogens is 4. The van der Waals surface area contributed by atoms with Crippen molar-refractivity contribution in [2.24, 2.45) is 0 Å². The maximum Gasteiger partial charge on any atom is 0.319 e. The van der Waals surface area contributed by atoms with Crippen LogP contribution in [0.3, 0.4) is 0 Å². The summed E-state index contributed by atoms with van der Waals surface area (Å²) in [4.78, 5) is 46.1. The molecule has 0 saturated carbocycles. The van der Waals surface area contributed by atoms with E-state index < -0.39 is 30.4 Å². The molecule has 15 nitrogen and oxygen atoms in total. The van der Waals surface area contributed by atoms with Gasteiger partial charge in [-0.25, -0.2) is 38.9 Å². The van der Waals surface area contributed by atoms with Gasteiger partial charge in [-0.15, -0.1) is 0 Å². The van der Waals surface area contributed by atoms with Gasteiger partial charge in [-0.3, -0.25) is 9.36 Å². The Hall–Kier alpha value is -2.79. The molecule has 5 fully saturated rings. The zero-order chi connectivity index (χ0) is 25.5. The molecule has 0 bridgehead atoms. The van der Waals surface area contributed by atoms with Crippen molar-refractivity contribution in [3.05, 3.63) is 12.7 Å². The SMILES string of the molecule is Nc1ncnc2c1ncn2[C@@H]1O[C@H](C(=O)NCCC(=O)[N+]23CCN4CCN5CCN(CC2)C543)[C@@H](O)[C@H]1O. The molecule has 5 N–H and O–H groups in total. The van der Waals surface area contributed by atoms with Gasteiger partial charge in [-0.1, -0.05) is 0 Å². The predicted octanol–water partition coefficient (Wildman–Crippen LogP) is -3.55. The molecule has 7 heterocycles. The summed E-state index contributed by atoms with van der Waals surface area (Å²) in [5, 5.41) is 23.9. The molecular weight excluding hydrogens is 484 g/mol. The Balaban J connectivity index is 1.02. The standard InChI is InChI=1S/C22H30N10O5/c23-18-14-19(26-11-25-18)31(12-27-14)21-16(35)15(34)17(37-21)20(36)24-2-1-13(33)32-9-7-29-5-3-28-4-6-30(8-10-32)22(28,29)32/h11-12,15-17,21,34-35H,1-10H2,(H2-,23,24,25,26,36)/p+1/t15-,16+,17-,21+,22?,32?/m0/s1. The Bertz CT molecular complexity index is 1240. The van der Waals surface area contributed by atoms with E-state index in [9.17, 15) is 19.8 Å². The zero-order valence-corrected chi connectivity index (χ0v) is 20.3. The molecule has 15 heteroatoms. The van der Waals surface area contributed by atoms with Crippen LogP contribution in [0.25, 0.3) is 11.2 Å². The molecule has 5 aliphatic heterocycles. The van der Waals surface area contributed by atoms with Crippen LogP contribution in [-0.4, -0.2) is 144 Å². The quantitative estimate of drug-likeness (QED) is 0.289. The van der Waals surface area contributed by atoms with Gasteiger partial charge in [0.05, 0.1) is 25.8 Å². The average Bonchev–Trinajstić information content (AvgIpc) is 3.68. The van der Waals surface area contributed by atoms with Gasteiger partial charge in [0, 0.05) is 32.7 Å². The van der Waals surface area contributed by atoms with Crippen molar-refractivity contribution in [3.8, 4) is 0 Å². The van der Waals surface area contributed by atoms with Gasteiger partial charge in [-0.05, 0) is 0 Å². The second-order valence-electron chi connectivity index (χ2n) is 10.4. The molecule has 4 atom stereocenters. The Morgan fingerprint density at radius 1 is 1.05 bits per heavy atom. The van der Waals surface area contributed by atoms with Crippen molar-refractivity contribution in [2.45, 2.75) is 36.9 Å². The van der Waals surface area contributed by atoms with Crippen molar-refractivity contribution in [2.75, 3.05) is 64.6 Å². The highest BCUT2D eigenvalue weighted by atomic mass is 16.6. The normalized spacial score (nSPS) is 37.5. The van der Waals surface area contributed by atoms with E-state index in [1.165, 1.54) is 17.2 Å². The molecular formula is C22H31N10O5+. The second-order valence-corrected chi connectivity index (χ2v) is 10.4. The number of nitrogens with zero attached hydrogens (tertiary/aromatic N) is 8. The number of hydrogen-bond acceptors (Lipinski definition) is 12. The molecule has 2 aromatic heterocycles. The van der Waals surface area contributed by atoms with Crippen LogP contribution in [0.5, 0.6) is 0 Å². The maximum absolute atomic E-state index is 13.7. The lowest BCUT2D eigenvalue weighted by molar-refractivity contribution is -0.906. The lowest BCUT2D eigenvalue weighted by atomic mass is 10.1. The first-order chi connectivity index (χ1) is 17.9. The van der Waals surface area contributed by atoms with E-state index in [0.29, 0.717) is 15.6 Å². The van der Waals surface area contributed by atoms with Crippen molar-refractivity contribution in [1.29, 1.82) is 0 Å². The third-order valence-electron chi connectivity index (χ3n) is 8.90. The smallest absolute Gasteiger partial charge is 0.319 e. The molecule has 2 aromatic rings. The number of hydrogen-bond donors (Lipinski definition) is 4. The third kappa shape index (κ3) is 2.92. The molecule has 0 aromatic carbocycles. The van der Waals surface area contributed by atoms with Crippen LogP contribution in [0.15, 0.2) is 12.7 Å². The fraction of sp³-hybridized carbons (Fsp3) is 0.682. The lowest BCUT2D eigenvalue weighted by Gasteiger charge is -2.44. The molecule has 1 spiro atoms. The second kappa shape index (κ2) is 8.10. The van der Waals surface area contributed by atoms with E-state index in [0.717, 1.165) is 52.4 Å². The monoisotopic (exact) mass is 515 g/mol. The highest BCUT2D eigenvalue weighted by Crippen LogP contribution is 2.50. The highest BCUT2D eigenvalue weighted by molar-refractivity contribution is 5.83. The number of rotatable bonds is 5. The van der Waals surface area contributed by atoms with Gasteiger partial charge in [0.1, 0.15) is 37.1 Å². The molecule has 5 aliphatic rings. The number of aliphatic hydroxyl groups excluding tert-OH is 2. The Labute approximate surface area is 212 Å². The molecule has 0 unspecified atom stereocenters. The van der Waals surface area contributed by atoms with Gasteiger partial charge in [0.25, 0.3) is 11.8 Å². The van der Waals surface area contributed by atoms with Gasteiger partial charge < -0.3 is 26.0 Å². The Morgan fingerprint density at radius 3 is 2.43 bits per heavy atom. The first-order valence-corrected chi connectivity index (χ1v) is 12.8. The summed E-state index contributed by atoms with van der Waals surface area (Å²) in [7, 11) is 0. The van der Waals surface area contributed by atoms with E-state index in [2.05, 4.69) is 35.0 Å². The molecule has 7 rings (SSSR count). The lowest BCUT2D eigenvalue weighted by Crippen LogP contribution is -2.71. The number of aliphatic hydroxyl groups is 2. The summed E-state index contributed by atoms with van der Waals surface area (Å²) in [5.74, 6) is -0.647. The average molecular weight is 516 g/mol. The summed E-state index contributed by atoms with van der Waals surface area (Å²) in [6.45, 7) is 7.39. The fourth-order valence-corrected chi connectivity index (χ4v) is 7.31. The van der Waals surface area contributed by atoms with Crippen molar-refractivity contribution in [1.82, 2.24) is 39.5 Å². The van der Waals surface area contributed by atoms with Crippen molar-refractivity contribution < 1.29 is 29.0 Å². The van der Waals surface area contributed by atoms with Crippen LogP contribution in [0.1, 0.15) is 12.6 Å². The fourth-order valence-electron chi connectivity index (χ4n) is 7.31. The van der Waals surface area contributed by atoms with Crippen molar-refractivity contribution in [3.63, 3.8) is 0 Å². The maximum atomic E-state index is 13.7. The number of amides is 2. The molecule has 37 heavy (non-hydrogen) atoms. The topological polar surface area (TPSA) is 175 Å². The van der Waals surface area contributed by atoms with E-state index in [1.54, 1.807) is 0 Å². The van der Waals surface area contributed by atoms with E-state index >= 15 is 0 Å². The number of nitrogens with one attached hydrogen (secondary N) is 1. The largest absolute Gasteiger partial charge is 0.387 e. The molecule has 198 valence electrons. The van der Waals surface area contributed by atoms with Crippen LogP contribution in [-0.2, 0) is 14.3 Å². The summed E-state index contributed by atoms with van der Waals surface area (Å²) < 4.78 is 7.58. The predicted molar refractivity (Wildman–Crippen MR) is 126 cm³/mol. The van der Waals surface area contributed by atoms with Gasteiger partial charge in [0.15, 0.2) is 23.8 Å².